The molecule has 2 aliphatic heterocycles. The van der Waals surface area contributed by atoms with Gasteiger partial charge >= 0.3 is 6.18 Å². The number of sulfonamides is 1. The lowest BCUT2D eigenvalue weighted by atomic mass is 9.89. The minimum Gasteiger partial charge on any atom is -0.487 e. The number of likely N-dealkylation sites (tertiary alicyclic amines) is 1. The second-order valence-electron chi connectivity index (χ2n) is 11.8. The number of aromatic nitrogens is 2. The summed E-state index contributed by atoms with van der Waals surface area (Å²) in [5.41, 5.74) is 1.17. The highest BCUT2D eigenvalue weighted by molar-refractivity contribution is 7.91. The van der Waals surface area contributed by atoms with E-state index in [1.165, 1.54) is 0 Å². The van der Waals surface area contributed by atoms with Gasteiger partial charge in [0.15, 0.2) is 5.69 Å². The molecule has 0 radical (unpaired) electrons. The van der Waals surface area contributed by atoms with Crippen molar-refractivity contribution in [3.05, 3.63) is 107 Å². The highest BCUT2D eigenvalue weighted by atomic mass is 32.2. The molecule has 1 atom stereocenters. The number of halogens is 3. The van der Waals surface area contributed by atoms with Crippen LogP contribution in [-0.2, 0) is 22.0 Å². The summed E-state index contributed by atoms with van der Waals surface area (Å²) in [6.45, 7) is 2.46. The van der Waals surface area contributed by atoms with E-state index in [4.69, 9.17) is 9.47 Å². The van der Waals surface area contributed by atoms with E-state index in [0.29, 0.717) is 55.1 Å². The zero-order valence-corrected chi connectivity index (χ0v) is 26.6. The number of anilines is 1. The van der Waals surface area contributed by atoms with Crippen LogP contribution in [0.3, 0.4) is 0 Å². The Balaban J connectivity index is 1.09. The number of nitrogens with zero attached hydrogens (tertiary/aromatic N) is 3. The molecule has 2 fully saturated rings. The van der Waals surface area contributed by atoms with Gasteiger partial charge in [0.2, 0.25) is 15.9 Å². The van der Waals surface area contributed by atoms with Crippen LogP contribution in [0.15, 0.2) is 84.9 Å². The van der Waals surface area contributed by atoms with Crippen LogP contribution < -0.4 is 19.5 Å². The van der Waals surface area contributed by atoms with Crippen LogP contribution in [0.5, 0.6) is 17.4 Å². The Morgan fingerprint density at radius 2 is 1.69 bits per heavy atom. The smallest absolute Gasteiger partial charge is 0.435 e. The van der Waals surface area contributed by atoms with Crippen molar-refractivity contribution >= 4 is 21.6 Å². The van der Waals surface area contributed by atoms with E-state index in [1.54, 1.807) is 59.5 Å². The second kappa shape index (κ2) is 14.2. The number of hydrogen-bond acceptors (Lipinski definition) is 8. The summed E-state index contributed by atoms with van der Waals surface area (Å²) in [5.74, 6) is 0.489. The monoisotopic (exact) mass is 681 g/mol. The van der Waals surface area contributed by atoms with Gasteiger partial charge in [0.25, 0.3) is 5.91 Å². The van der Waals surface area contributed by atoms with Gasteiger partial charge < -0.3 is 19.7 Å². The maximum absolute atomic E-state index is 13.6. The average Bonchev–Trinajstić information content (AvgIpc) is 3.59. The highest BCUT2D eigenvalue weighted by Gasteiger charge is 2.33. The Bertz CT molecular complexity index is 1810. The van der Waals surface area contributed by atoms with Gasteiger partial charge in [0, 0.05) is 31.3 Å². The zero-order valence-electron chi connectivity index (χ0n) is 25.8. The minimum atomic E-state index is -4.58. The normalized spacial score (nSPS) is 17.2. The molecule has 0 spiro atoms. The van der Waals surface area contributed by atoms with Gasteiger partial charge in [-0.15, -0.1) is 10.2 Å². The molecule has 48 heavy (non-hydrogen) atoms. The predicted octanol–water partition coefficient (Wildman–Crippen LogP) is 5.99. The number of rotatable bonds is 10. The van der Waals surface area contributed by atoms with Gasteiger partial charge in [0.05, 0.1) is 11.4 Å². The molecule has 6 rings (SSSR count). The van der Waals surface area contributed by atoms with Gasteiger partial charge in [-0.05, 0) is 79.3 Å². The number of piperidine rings is 1. The Hall–Kier alpha value is -4.69. The standard InChI is InChI=1S/C34H34F3N5O5S/c35-34(36,37)31-12-13-32(40-39-31)47-27-9-6-24(7-10-27)25-15-18-42(19-16-25)33(43)26-8-11-30(46-28-14-17-38-21-28)29(20-26)41-48(44,45)22-23-4-2-1-3-5-23/h1-13,20,25,28,38,41H,14-19,21-22H2. The number of benzene rings is 3. The van der Waals surface area contributed by atoms with Gasteiger partial charge in [-0.1, -0.05) is 42.5 Å². The van der Waals surface area contributed by atoms with E-state index in [0.717, 1.165) is 30.7 Å². The molecule has 1 aromatic heterocycles. The van der Waals surface area contributed by atoms with Gasteiger partial charge in [-0.3, -0.25) is 9.52 Å². The molecule has 0 aliphatic carbocycles. The first kappa shape index (κ1) is 33.2. The molecule has 1 amide bonds. The lowest BCUT2D eigenvalue weighted by Gasteiger charge is -2.32. The molecule has 3 heterocycles. The van der Waals surface area contributed by atoms with Crippen molar-refractivity contribution < 1.29 is 35.9 Å². The van der Waals surface area contributed by atoms with Crippen molar-refractivity contribution in [2.75, 3.05) is 30.9 Å². The maximum atomic E-state index is 13.6. The topological polar surface area (TPSA) is 123 Å². The molecule has 2 saturated heterocycles. The third-order valence-corrected chi connectivity index (χ3v) is 9.53. The average molecular weight is 682 g/mol. The molecule has 0 bridgehead atoms. The van der Waals surface area contributed by atoms with Crippen LogP contribution >= 0.6 is 0 Å². The van der Waals surface area contributed by atoms with E-state index >= 15 is 0 Å². The summed E-state index contributed by atoms with van der Waals surface area (Å²) in [4.78, 5) is 15.4. The van der Waals surface area contributed by atoms with Crippen molar-refractivity contribution in [2.45, 2.75) is 43.2 Å². The number of nitrogens with one attached hydrogen (secondary N) is 2. The van der Waals surface area contributed by atoms with Gasteiger partial charge in [-0.2, -0.15) is 13.2 Å². The molecule has 2 aliphatic rings. The van der Waals surface area contributed by atoms with E-state index in [-0.39, 0.29) is 35.2 Å². The summed E-state index contributed by atoms with van der Waals surface area (Å²) >= 11 is 0. The minimum absolute atomic E-state index is 0.0511. The summed E-state index contributed by atoms with van der Waals surface area (Å²) in [6.07, 6.45) is -2.48. The molecule has 3 aromatic carbocycles. The fourth-order valence-corrected chi connectivity index (χ4v) is 7.00. The number of carbonyl (C=O) groups excluding carboxylic acids is 1. The van der Waals surface area contributed by atoms with E-state index in [1.807, 2.05) is 18.2 Å². The van der Waals surface area contributed by atoms with Crippen LogP contribution in [0.25, 0.3) is 0 Å². The first-order valence-electron chi connectivity index (χ1n) is 15.6. The highest BCUT2D eigenvalue weighted by Crippen LogP contribution is 2.34. The molecular formula is C34H34F3N5O5S. The van der Waals surface area contributed by atoms with Crippen molar-refractivity contribution in [2.24, 2.45) is 0 Å². The lowest BCUT2D eigenvalue weighted by Crippen LogP contribution is -2.38. The van der Waals surface area contributed by atoms with Gasteiger partial charge in [-0.25, -0.2) is 8.42 Å². The van der Waals surface area contributed by atoms with E-state index in [9.17, 15) is 26.4 Å². The fraction of sp³-hybridized carbons (Fsp3) is 0.324. The van der Waals surface area contributed by atoms with Crippen LogP contribution in [0, 0.1) is 0 Å². The van der Waals surface area contributed by atoms with Crippen LogP contribution in [0.1, 0.15) is 52.4 Å². The molecule has 1 unspecified atom stereocenters. The van der Waals surface area contributed by atoms with Crippen LogP contribution in [0.2, 0.25) is 0 Å². The Kier molecular flexibility index (Phi) is 9.83. The van der Waals surface area contributed by atoms with E-state index in [2.05, 4.69) is 20.2 Å². The number of hydrogen-bond donors (Lipinski definition) is 2. The fourth-order valence-electron chi connectivity index (χ4n) is 5.80. The quantitative estimate of drug-likeness (QED) is 0.209. The SMILES string of the molecule is O=C(c1ccc(OC2CCNC2)c(NS(=O)(=O)Cc2ccccc2)c1)N1CCC(c2ccc(Oc3ccc(C(F)(F)F)nn3)cc2)CC1. The van der Waals surface area contributed by atoms with Crippen molar-refractivity contribution in [1.82, 2.24) is 20.4 Å². The molecule has 10 nitrogen and oxygen atoms in total. The van der Waals surface area contributed by atoms with Crippen molar-refractivity contribution in [3.8, 4) is 17.4 Å². The van der Waals surface area contributed by atoms with Crippen LogP contribution in [0.4, 0.5) is 18.9 Å². The summed E-state index contributed by atoms with van der Waals surface area (Å²) in [5, 5.41) is 9.90. The predicted molar refractivity (Wildman–Crippen MR) is 172 cm³/mol. The number of ether oxygens (including phenoxy) is 2. The third-order valence-electron chi connectivity index (χ3n) is 8.29. The summed E-state index contributed by atoms with van der Waals surface area (Å²) < 4.78 is 78.8. The number of alkyl halides is 3. The molecular weight excluding hydrogens is 647 g/mol. The molecule has 0 saturated carbocycles. The zero-order chi connectivity index (χ0) is 33.7. The number of carbonyl (C=O) groups is 1. The van der Waals surface area contributed by atoms with Crippen molar-refractivity contribution in [1.29, 1.82) is 0 Å². The third kappa shape index (κ3) is 8.42. The van der Waals surface area contributed by atoms with Gasteiger partial charge in [0.1, 0.15) is 17.6 Å². The van der Waals surface area contributed by atoms with Crippen molar-refractivity contribution in [3.63, 3.8) is 0 Å². The Labute approximate surface area is 276 Å². The molecule has 4 aromatic rings. The first-order chi connectivity index (χ1) is 23.0. The molecule has 2 N–H and O–H groups in total. The maximum Gasteiger partial charge on any atom is 0.435 e. The molecule has 252 valence electrons. The lowest BCUT2D eigenvalue weighted by molar-refractivity contribution is -0.141. The Morgan fingerprint density at radius 1 is 0.938 bits per heavy atom. The summed E-state index contributed by atoms with van der Waals surface area (Å²) in [6, 6.07) is 22.9. The van der Waals surface area contributed by atoms with Crippen LogP contribution in [-0.4, -0.2) is 61.7 Å². The van der Waals surface area contributed by atoms with E-state index < -0.39 is 21.9 Å². The largest absolute Gasteiger partial charge is 0.487 e. The first-order valence-corrected chi connectivity index (χ1v) is 17.2. The Morgan fingerprint density at radius 3 is 2.33 bits per heavy atom. The molecule has 14 heteroatoms. The second-order valence-corrected chi connectivity index (χ2v) is 13.5. The summed E-state index contributed by atoms with van der Waals surface area (Å²) in [7, 11) is -3.80. The number of amides is 1.